The molecule has 1 saturated carbocycles. The van der Waals surface area contributed by atoms with E-state index in [4.69, 9.17) is 20.0 Å². The second-order valence-corrected chi connectivity index (χ2v) is 9.63. The fraction of sp³-hybridized carbons (Fsp3) is 0.818. The molecule has 0 aromatic heterocycles. The van der Waals surface area contributed by atoms with Crippen LogP contribution in [0.2, 0.25) is 0 Å². The van der Waals surface area contributed by atoms with Gasteiger partial charge in [0.15, 0.2) is 0 Å². The van der Waals surface area contributed by atoms with Gasteiger partial charge in [0, 0.05) is 25.2 Å². The van der Waals surface area contributed by atoms with Crippen LogP contribution in [0.1, 0.15) is 80.1 Å². The molecule has 0 spiro atoms. The molecule has 0 saturated heterocycles. The van der Waals surface area contributed by atoms with Gasteiger partial charge in [-0.1, -0.05) is 0 Å². The van der Waals surface area contributed by atoms with Gasteiger partial charge in [0.1, 0.15) is 11.2 Å². The molecule has 168 valence electrons. The Morgan fingerprint density at radius 1 is 0.767 bits per heavy atom. The van der Waals surface area contributed by atoms with Crippen LogP contribution in [0.15, 0.2) is 0 Å². The van der Waals surface area contributed by atoms with E-state index in [0.717, 1.165) is 0 Å². The molecule has 2 amide bonds. The highest BCUT2D eigenvalue weighted by Crippen LogP contribution is 2.29. The summed E-state index contributed by atoms with van der Waals surface area (Å²) in [4.78, 5) is 28.6. The Labute approximate surface area is 180 Å². The molecule has 1 aliphatic carbocycles. The highest BCUT2D eigenvalue weighted by Gasteiger charge is 2.35. The van der Waals surface area contributed by atoms with E-state index in [1.54, 1.807) is 9.80 Å². The molecule has 0 aromatic rings. The van der Waals surface area contributed by atoms with E-state index >= 15 is 0 Å². The molecule has 1 fully saturated rings. The van der Waals surface area contributed by atoms with Crippen LogP contribution in [-0.4, -0.2) is 58.4 Å². The van der Waals surface area contributed by atoms with E-state index in [-0.39, 0.29) is 24.9 Å². The molecule has 0 bridgehead atoms. The van der Waals surface area contributed by atoms with E-state index in [0.29, 0.717) is 38.8 Å². The smallest absolute Gasteiger partial charge is 0.410 e. The van der Waals surface area contributed by atoms with Gasteiger partial charge < -0.3 is 19.3 Å². The lowest BCUT2D eigenvalue weighted by Gasteiger charge is -2.41. The third-order valence-corrected chi connectivity index (χ3v) is 4.73. The summed E-state index contributed by atoms with van der Waals surface area (Å²) in [5.41, 5.74) is -1.21. The van der Waals surface area contributed by atoms with E-state index in [1.165, 1.54) is 0 Å². The minimum atomic E-state index is -0.607. The SMILES string of the molecule is CC(C)(C)OC(=O)N(CCC#N)C1CCC(N(CCC#N)C(=O)OC(C)(C)C)CC1. The highest BCUT2D eigenvalue weighted by atomic mass is 16.6. The molecule has 0 radical (unpaired) electrons. The summed E-state index contributed by atoms with van der Waals surface area (Å²) in [7, 11) is 0. The molecule has 0 aromatic carbocycles. The third kappa shape index (κ3) is 8.90. The van der Waals surface area contributed by atoms with Crippen molar-refractivity contribution in [1.29, 1.82) is 10.5 Å². The summed E-state index contributed by atoms with van der Waals surface area (Å²) in [6, 6.07) is 4.10. The largest absolute Gasteiger partial charge is 0.444 e. The molecule has 1 rings (SSSR count). The summed E-state index contributed by atoms with van der Waals surface area (Å²) < 4.78 is 11.1. The molecule has 0 unspecified atom stereocenters. The first kappa shape index (κ1) is 25.6. The number of amides is 2. The van der Waals surface area contributed by atoms with Crippen molar-refractivity contribution in [2.75, 3.05) is 13.1 Å². The molecule has 8 heteroatoms. The lowest BCUT2D eigenvalue weighted by molar-refractivity contribution is -0.00132. The quantitative estimate of drug-likeness (QED) is 0.621. The maximum Gasteiger partial charge on any atom is 0.410 e. The Balaban J connectivity index is 2.84. The van der Waals surface area contributed by atoms with Crippen LogP contribution >= 0.6 is 0 Å². The predicted molar refractivity (Wildman–Crippen MR) is 112 cm³/mol. The highest BCUT2D eigenvalue weighted by molar-refractivity contribution is 5.69. The van der Waals surface area contributed by atoms with Crippen LogP contribution in [0.25, 0.3) is 0 Å². The van der Waals surface area contributed by atoms with Crippen molar-refractivity contribution in [2.45, 2.75) is 103 Å². The van der Waals surface area contributed by atoms with Gasteiger partial charge >= 0.3 is 12.2 Å². The average molecular weight is 421 g/mol. The average Bonchev–Trinajstić information content (AvgIpc) is 2.60. The first-order valence-electron chi connectivity index (χ1n) is 10.6. The Morgan fingerprint density at radius 2 is 1.07 bits per heavy atom. The number of nitriles is 2. The van der Waals surface area contributed by atoms with Gasteiger partial charge in [-0.2, -0.15) is 10.5 Å². The predicted octanol–water partition coefficient (Wildman–Crippen LogP) is 4.60. The molecule has 8 nitrogen and oxygen atoms in total. The number of carbonyl (C=O) groups excluding carboxylic acids is 2. The lowest BCUT2D eigenvalue weighted by atomic mass is 9.89. The number of ether oxygens (including phenoxy) is 2. The van der Waals surface area contributed by atoms with Gasteiger partial charge in [-0.25, -0.2) is 9.59 Å². The fourth-order valence-electron chi connectivity index (χ4n) is 3.51. The second kappa shape index (κ2) is 11.1. The molecule has 0 atom stereocenters. The summed E-state index contributed by atoms with van der Waals surface area (Å²) in [6.07, 6.45) is 2.45. The van der Waals surface area contributed by atoms with Crippen LogP contribution < -0.4 is 0 Å². The van der Waals surface area contributed by atoms with Gasteiger partial charge in [0.2, 0.25) is 0 Å². The zero-order valence-electron chi connectivity index (χ0n) is 19.2. The zero-order valence-corrected chi connectivity index (χ0v) is 19.2. The van der Waals surface area contributed by atoms with Gasteiger partial charge in [0.25, 0.3) is 0 Å². The molecule has 0 N–H and O–H groups in total. The first-order chi connectivity index (χ1) is 13.9. The lowest BCUT2D eigenvalue weighted by Crippen LogP contribution is -2.50. The standard InChI is InChI=1S/C22H36N4O4/c1-21(2,3)29-19(27)25(15-7-13-23)17-9-11-18(12-10-17)26(16-8-14-24)20(28)30-22(4,5)6/h17-18H,7-12,15-16H2,1-6H3. The van der Waals surface area contributed by atoms with Crippen LogP contribution in [0.3, 0.4) is 0 Å². The zero-order chi connectivity index (χ0) is 22.9. The summed E-state index contributed by atoms with van der Waals surface area (Å²) >= 11 is 0. The van der Waals surface area contributed by atoms with Crippen molar-refractivity contribution in [3.8, 4) is 12.1 Å². The van der Waals surface area contributed by atoms with Gasteiger partial charge in [-0.05, 0) is 67.2 Å². The molecular formula is C22H36N4O4. The van der Waals surface area contributed by atoms with Gasteiger partial charge in [-0.15, -0.1) is 0 Å². The van der Waals surface area contributed by atoms with Crippen LogP contribution in [-0.2, 0) is 9.47 Å². The summed E-state index contributed by atoms with van der Waals surface area (Å²) in [6.45, 7) is 11.6. The van der Waals surface area contributed by atoms with E-state index in [9.17, 15) is 9.59 Å². The second-order valence-electron chi connectivity index (χ2n) is 9.63. The van der Waals surface area contributed by atoms with Crippen molar-refractivity contribution < 1.29 is 19.1 Å². The first-order valence-corrected chi connectivity index (χ1v) is 10.6. The van der Waals surface area contributed by atoms with Gasteiger partial charge in [0.05, 0.1) is 25.0 Å². The van der Waals surface area contributed by atoms with E-state index in [2.05, 4.69) is 12.1 Å². The number of hydrogen-bond donors (Lipinski definition) is 0. The Bertz CT molecular complexity index is 601. The Hall–Kier alpha value is -2.48. The van der Waals surface area contributed by atoms with Crippen molar-refractivity contribution in [3.05, 3.63) is 0 Å². The van der Waals surface area contributed by atoms with Crippen molar-refractivity contribution in [3.63, 3.8) is 0 Å². The topological polar surface area (TPSA) is 107 Å². The van der Waals surface area contributed by atoms with Crippen LogP contribution in [0.4, 0.5) is 9.59 Å². The summed E-state index contributed by atoms with van der Waals surface area (Å²) in [5, 5.41) is 17.9. The Kier molecular flexibility index (Phi) is 9.42. The minimum Gasteiger partial charge on any atom is -0.444 e. The van der Waals surface area contributed by atoms with Crippen LogP contribution in [0, 0.1) is 22.7 Å². The van der Waals surface area contributed by atoms with Crippen molar-refractivity contribution in [2.24, 2.45) is 0 Å². The van der Waals surface area contributed by atoms with Crippen molar-refractivity contribution >= 4 is 12.2 Å². The third-order valence-electron chi connectivity index (χ3n) is 4.73. The Morgan fingerprint density at radius 3 is 1.30 bits per heavy atom. The van der Waals surface area contributed by atoms with Crippen molar-refractivity contribution in [1.82, 2.24) is 9.80 Å². The maximum atomic E-state index is 12.7. The molecule has 0 heterocycles. The molecule has 1 aliphatic rings. The van der Waals surface area contributed by atoms with Crippen LogP contribution in [0.5, 0.6) is 0 Å². The molecule has 0 aliphatic heterocycles. The van der Waals surface area contributed by atoms with E-state index in [1.807, 2.05) is 41.5 Å². The molecule has 30 heavy (non-hydrogen) atoms. The fourth-order valence-corrected chi connectivity index (χ4v) is 3.51. The number of nitrogens with zero attached hydrogens (tertiary/aromatic N) is 4. The normalized spacial score (nSPS) is 19.2. The van der Waals surface area contributed by atoms with E-state index < -0.39 is 23.4 Å². The number of carbonyl (C=O) groups is 2. The summed E-state index contributed by atoms with van der Waals surface area (Å²) in [5.74, 6) is 0. The number of rotatable bonds is 6. The maximum absolute atomic E-state index is 12.7. The number of hydrogen-bond acceptors (Lipinski definition) is 6. The minimum absolute atomic E-state index is 0.0408. The van der Waals surface area contributed by atoms with Gasteiger partial charge in [-0.3, -0.25) is 0 Å². The molecular weight excluding hydrogens is 384 g/mol. The monoisotopic (exact) mass is 420 g/mol.